The van der Waals surface area contributed by atoms with E-state index < -0.39 is 0 Å². The summed E-state index contributed by atoms with van der Waals surface area (Å²) in [5.74, 6) is 0.858. The average molecular weight is 259 g/mol. The summed E-state index contributed by atoms with van der Waals surface area (Å²) < 4.78 is 1.47. The minimum absolute atomic E-state index is 0.515. The van der Waals surface area contributed by atoms with E-state index in [4.69, 9.17) is 0 Å². The van der Waals surface area contributed by atoms with Crippen LogP contribution in [-0.4, -0.2) is 55.3 Å². The van der Waals surface area contributed by atoms with Gasteiger partial charge in [0.2, 0.25) is 0 Å². The Hall–Kier alpha value is -1.76. The molecule has 2 aromatic heterocycles. The lowest BCUT2D eigenvalue weighted by atomic mass is 9.98. The molecule has 7 nitrogen and oxygen atoms in total. The largest absolute Gasteiger partial charge is 0.366 e. The van der Waals surface area contributed by atoms with Gasteiger partial charge in [-0.25, -0.2) is 0 Å². The molecule has 4 rings (SSSR count). The molecule has 7 heteroatoms. The van der Waals surface area contributed by atoms with Gasteiger partial charge in [-0.15, -0.1) is 14.8 Å². The van der Waals surface area contributed by atoms with E-state index in [0.29, 0.717) is 11.7 Å². The van der Waals surface area contributed by atoms with E-state index in [0.717, 1.165) is 11.9 Å². The summed E-state index contributed by atoms with van der Waals surface area (Å²) in [5, 5.41) is 19.2. The topological polar surface area (TPSA) is 71.2 Å². The molecule has 1 N–H and O–H groups in total. The van der Waals surface area contributed by atoms with Crippen molar-refractivity contribution in [2.45, 2.75) is 37.8 Å². The number of piperidine rings is 1. The van der Waals surface area contributed by atoms with Crippen LogP contribution in [0.4, 0.5) is 5.82 Å². The molecule has 2 fully saturated rings. The third-order valence-electron chi connectivity index (χ3n) is 4.24. The van der Waals surface area contributed by atoms with Crippen LogP contribution in [0.5, 0.6) is 0 Å². The highest BCUT2D eigenvalue weighted by Gasteiger charge is 2.31. The molecule has 0 aliphatic carbocycles. The fourth-order valence-corrected chi connectivity index (χ4v) is 3.29. The Morgan fingerprint density at radius 1 is 1.21 bits per heavy atom. The van der Waals surface area contributed by atoms with Crippen LogP contribution >= 0.6 is 0 Å². The number of hydrogen-bond donors (Lipinski definition) is 1. The summed E-state index contributed by atoms with van der Waals surface area (Å²) in [6.07, 6.45) is 5.10. The Morgan fingerprint density at radius 3 is 3.21 bits per heavy atom. The fraction of sp³-hybridized carbons (Fsp3) is 0.667. The van der Waals surface area contributed by atoms with Crippen LogP contribution in [0.15, 0.2) is 12.1 Å². The first-order valence-corrected chi connectivity index (χ1v) is 6.94. The number of aromatic nitrogens is 5. The number of rotatable bonds is 2. The van der Waals surface area contributed by atoms with E-state index in [-0.39, 0.29) is 0 Å². The van der Waals surface area contributed by atoms with Crippen LogP contribution in [-0.2, 0) is 0 Å². The second-order valence-corrected chi connectivity index (χ2v) is 5.44. The molecule has 0 saturated carbocycles. The van der Waals surface area contributed by atoms with Crippen LogP contribution in [0.3, 0.4) is 0 Å². The standard InChI is InChI=1S/C12H17N7/c1-2-10-8-9(5-7-18(10)6-1)13-11-3-4-12-14-16-17-19(12)15-11/h3-4,9-10H,1-2,5-8H2,(H,13,15). The Labute approximate surface area is 111 Å². The van der Waals surface area contributed by atoms with Gasteiger partial charge in [-0.3, -0.25) is 0 Å². The third-order valence-corrected chi connectivity index (χ3v) is 4.24. The highest BCUT2D eigenvalue weighted by molar-refractivity contribution is 5.42. The minimum Gasteiger partial charge on any atom is -0.366 e. The average Bonchev–Trinajstić information content (AvgIpc) is 3.05. The van der Waals surface area contributed by atoms with Crippen molar-refractivity contribution >= 4 is 11.5 Å². The SMILES string of the molecule is c1cc2nnnn2nc1NC1CCN2CCCC2C1. The molecule has 0 radical (unpaired) electrons. The zero-order valence-electron chi connectivity index (χ0n) is 10.7. The van der Waals surface area contributed by atoms with Gasteiger partial charge in [-0.2, -0.15) is 0 Å². The molecule has 0 amide bonds. The van der Waals surface area contributed by atoms with Crippen molar-refractivity contribution in [2.75, 3.05) is 18.4 Å². The molecular formula is C12H17N7. The van der Waals surface area contributed by atoms with Crippen LogP contribution in [0, 0.1) is 0 Å². The van der Waals surface area contributed by atoms with Gasteiger partial charge in [0.1, 0.15) is 5.82 Å². The highest BCUT2D eigenvalue weighted by atomic mass is 15.6. The number of tetrazole rings is 1. The van der Waals surface area contributed by atoms with Gasteiger partial charge >= 0.3 is 0 Å². The first-order chi connectivity index (χ1) is 9.38. The van der Waals surface area contributed by atoms with E-state index >= 15 is 0 Å². The van der Waals surface area contributed by atoms with Gasteiger partial charge < -0.3 is 10.2 Å². The van der Waals surface area contributed by atoms with Gasteiger partial charge in [0, 0.05) is 18.6 Å². The first kappa shape index (κ1) is 11.1. The molecular weight excluding hydrogens is 242 g/mol. The zero-order chi connectivity index (χ0) is 12.7. The van der Waals surface area contributed by atoms with Crippen molar-refractivity contribution < 1.29 is 0 Å². The Kier molecular flexibility index (Phi) is 2.58. The number of nitrogens with zero attached hydrogens (tertiary/aromatic N) is 6. The molecule has 4 heterocycles. The third kappa shape index (κ3) is 2.03. The Balaban J connectivity index is 1.48. The predicted molar refractivity (Wildman–Crippen MR) is 69.8 cm³/mol. The molecule has 2 unspecified atom stereocenters. The van der Waals surface area contributed by atoms with Crippen molar-refractivity contribution in [1.82, 2.24) is 30.2 Å². The van der Waals surface area contributed by atoms with Gasteiger partial charge in [-0.1, -0.05) is 0 Å². The van der Waals surface area contributed by atoms with Gasteiger partial charge in [0.25, 0.3) is 0 Å². The van der Waals surface area contributed by atoms with Gasteiger partial charge in [0.05, 0.1) is 0 Å². The van der Waals surface area contributed by atoms with Crippen molar-refractivity contribution in [1.29, 1.82) is 0 Å². The predicted octanol–water partition coefficient (Wildman–Crippen LogP) is 0.558. The number of fused-ring (bicyclic) bond motifs is 2. The summed E-state index contributed by atoms with van der Waals surface area (Å²) in [7, 11) is 0. The zero-order valence-corrected chi connectivity index (χ0v) is 10.7. The Bertz CT molecular complexity index is 580. The summed E-state index contributed by atoms with van der Waals surface area (Å²) >= 11 is 0. The maximum Gasteiger partial charge on any atom is 0.200 e. The molecule has 0 aromatic carbocycles. The fourth-order valence-electron chi connectivity index (χ4n) is 3.29. The maximum absolute atomic E-state index is 4.37. The van der Waals surface area contributed by atoms with Crippen molar-refractivity contribution in [3.8, 4) is 0 Å². The molecule has 0 spiro atoms. The summed E-state index contributed by atoms with van der Waals surface area (Å²) in [6.45, 7) is 2.49. The molecule has 2 saturated heterocycles. The number of nitrogens with one attached hydrogen (secondary N) is 1. The normalized spacial score (nSPS) is 27.6. The summed E-state index contributed by atoms with van der Waals surface area (Å²) in [4.78, 5) is 2.62. The molecule has 2 aliphatic heterocycles. The van der Waals surface area contributed by atoms with Crippen LogP contribution in [0.2, 0.25) is 0 Å². The molecule has 2 atom stereocenters. The lowest BCUT2D eigenvalue weighted by molar-refractivity contribution is 0.188. The maximum atomic E-state index is 4.37. The van der Waals surface area contributed by atoms with E-state index in [1.807, 2.05) is 12.1 Å². The number of hydrogen-bond acceptors (Lipinski definition) is 6. The van der Waals surface area contributed by atoms with E-state index in [1.54, 1.807) is 0 Å². The summed E-state index contributed by atoms with van der Waals surface area (Å²) in [5.41, 5.74) is 0.677. The smallest absolute Gasteiger partial charge is 0.200 e. The first-order valence-electron chi connectivity index (χ1n) is 6.94. The van der Waals surface area contributed by atoms with Crippen molar-refractivity contribution in [3.05, 3.63) is 12.1 Å². The lowest BCUT2D eigenvalue weighted by Crippen LogP contribution is -2.42. The van der Waals surface area contributed by atoms with E-state index in [1.165, 1.54) is 43.4 Å². The van der Waals surface area contributed by atoms with Crippen LogP contribution in [0.25, 0.3) is 5.65 Å². The molecule has 2 aromatic rings. The lowest BCUT2D eigenvalue weighted by Gasteiger charge is -2.35. The van der Waals surface area contributed by atoms with E-state index in [2.05, 4.69) is 30.8 Å². The quantitative estimate of drug-likeness (QED) is 0.849. The minimum atomic E-state index is 0.515. The monoisotopic (exact) mass is 259 g/mol. The molecule has 2 aliphatic rings. The van der Waals surface area contributed by atoms with Crippen LogP contribution < -0.4 is 5.32 Å². The summed E-state index contributed by atoms with van der Waals surface area (Å²) in [6, 6.07) is 5.12. The van der Waals surface area contributed by atoms with Crippen molar-refractivity contribution in [2.24, 2.45) is 0 Å². The molecule has 0 bridgehead atoms. The van der Waals surface area contributed by atoms with Gasteiger partial charge in [0.15, 0.2) is 5.65 Å². The second kappa shape index (κ2) is 4.41. The molecule has 100 valence electrons. The number of anilines is 1. The second-order valence-electron chi connectivity index (χ2n) is 5.44. The molecule has 19 heavy (non-hydrogen) atoms. The van der Waals surface area contributed by atoms with Crippen LogP contribution in [0.1, 0.15) is 25.7 Å². The van der Waals surface area contributed by atoms with E-state index in [9.17, 15) is 0 Å². The van der Waals surface area contributed by atoms with Gasteiger partial charge in [-0.05, 0) is 54.8 Å². The highest BCUT2D eigenvalue weighted by Crippen LogP contribution is 2.28. The van der Waals surface area contributed by atoms with Crippen molar-refractivity contribution in [3.63, 3.8) is 0 Å². The Morgan fingerprint density at radius 2 is 2.21 bits per heavy atom.